The van der Waals surface area contributed by atoms with Crippen molar-refractivity contribution in [3.05, 3.63) is 57.9 Å². The fourth-order valence-corrected chi connectivity index (χ4v) is 3.52. The first kappa shape index (κ1) is 15.8. The molecule has 2 heterocycles. The van der Waals surface area contributed by atoms with Gasteiger partial charge in [0.2, 0.25) is 5.91 Å². The van der Waals surface area contributed by atoms with Gasteiger partial charge in [-0.15, -0.1) is 11.3 Å². The normalized spacial score (nSPS) is 13.9. The van der Waals surface area contributed by atoms with Crippen LogP contribution in [0.5, 0.6) is 0 Å². The number of amides is 1. The lowest BCUT2D eigenvalue weighted by molar-refractivity contribution is -0.121. The number of aliphatic hydroxyl groups is 1. The van der Waals surface area contributed by atoms with E-state index in [1.807, 2.05) is 48.7 Å². The highest BCUT2D eigenvalue weighted by molar-refractivity contribution is 7.10. The standard InChI is InChI=1S/C18H20N2O2S/c1-12-14(13-6-3-4-7-15(13)20-12)10-17(21)19-11-18(2,22)16-8-5-9-23-16/h3-9,20,22H,10-11H2,1-2H3,(H,19,21). The van der Waals surface area contributed by atoms with Gasteiger partial charge in [0.1, 0.15) is 5.60 Å². The Bertz CT molecular complexity index is 819. The van der Waals surface area contributed by atoms with Crippen LogP contribution in [-0.4, -0.2) is 22.5 Å². The van der Waals surface area contributed by atoms with E-state index in [1.54, 1.807) is 6.92 Å². The number of aryl methyl sites for hydroxylation is 1. The molecular weight excluding hydrogens is 308 g/mol. The quantitative estimate of drug-likeness (QED) is 0.674. The van der Waals surface area contributed by atoms with Crippen molar-refractivity contribution in [1.82, 2.24) is 10.3 Å². The number of fused-ring (bicyclic) bond motifs is 1. The highest BCUT2D eigenvalue weighted by atomic mass is 32.1. The van der Waals surface area contributed by atoms with Gasteiger partial charge in [-0.05, 0) is 36.9 Å². The third kappa shape index (κ3) is 3.30. The van der Waals surface area contributed by atoms with Gasteiger partial charge in [-0.3, -0.25) is 4.79 Å². The minimum atomic E-state index is -1.04. The SMILES string of the molecule is Cc1[nH]c2ccccc2c1CC(=O)NCC(C)(O)c1cccs1. The molecule has 23 heavy (non-hydrogen) atoms. The van der Waals surface area contributed by atoms with Gasteiger partial charge in [-0.25, -0.2) is 0 Å². The number of hydrogen-bond donors (Lipinski definition) is 3. The first-order chi connectivity index (χ1) is 11.0. The topological polar surface area (TPSA) is 65.1 Å². The molecule has 1 atom stereocenters. The molecule has 0 aliphatic heterocycles. The van der Waals surface area contributed by atoms with Crippen LogP contribution >= 0.6 is 11.3 Å². The zero-order valence-electron chi connectivity index (χ0n) is 13.2. The summed E-state index contributed by atoms with van der Waals surface area (Å²) in [6.45, 7) is 3.90. The molecule has 0 saturated carbocycles. The van der Waals surface area contributed by atoms with Gasteiger partial charge in [0.25, 0.3) is 0 Å². The van der Waals surface area contributed by atoms with E-state index in [0.29, 0.717) is 6.42 Å². The smallest absolute Gasteiger partial charge is 0.224 e. The fraction of sp³-hybridized carbons (Fsp3) is 0.278. The highest BCUT2D eigenvalue weighted by Gasteiger charge is 2.25. The summed E-state index contributed by atoms with van der Waals surface area (Å²) in [5.74, 6) is -0.0883. The summed E-state index contributed by atoms with van der Waals surface area (Å²) in [6.07, 6.45) is 0.302. The van der Waals surface area contributed by atoms with E-state index in [9.17, 15) is 9.90 Å². The molecule has 3 rings (SSSR count). The molecule has 4 nitrogen and oxygen atoms in total. The Morgan fingerprint density at radius 3 is 2.83 bits per heavy atom. The number of carbonyl (C=O) groups is 1. The third-order valence-electron chi connectivity index (χ3n) is 4.05. The average Bonchev–Trinajstić information content (AvgIpc) is 3.15. The van der Waals surface area contributed by atoms with Crippen LogP contribution in [0, 0.1) is 6.92 Å². The predicted molar refractivity (Wildman–Crippen MR) is 93.6 cm³/mol. The number of aromatic amines is 1. The zero-order chi connectivity index (χ0) is 16.4. The number of para-hydroxylation sites is 1. The van der Waals surface area contributed by atoms with Gasteiger partial charge in [-0.2, -0.15) is 0 Å². The largest absolute Gasteiger partial charge is 0.383 e. The molecule has 0 radical (unpaired) electrons. The molecule has 0 fully saturated rings. The molecule has 0 aliphatic rings. The highest BCUT2D eigenvalue weighted by Crippen LogP contribution is 2.25. The maximum Gasteiger partial charge on any atom is 0.224 e. The fourth-order valence-electron chi connectivity index (χ4n) is 2.73. The molecule has 3 aromatic rings. The van der Waals surface area contributed by atoms with Crippen molar-refractivity contribution in [2.75, 3.05) is 6.54 Å². The molecule has 3 N–H and O–H groups in total. The molecule has 0 aliphatic carbocycles. The van der Waals surface area contributed by atoms with Crippen molar-refractivity contribution >= 4 is 28.1 Å². The Kier molecular flexibility index (Phi) is 4.24. The molecule has 0 bridgehead atoms. The Balaban J connectivity index is 1.69. The van der Waals surface area contributed by atoms with E-state index in [2.05, 4.69) is 10.3 Å². The number of H-pyrrole nitrogens is 1. The summed E-state index contributed by atoms with van der Waals surface area (Å²) in [6, 6.07) is 11.7. The van der Waals surface area contributed by atoms with Crippen LogP contribution in [0.3, 0.4) is 0 Å². The van der Waals surface area contributed by atoms with E-state index < -0.39 is 5.60 Å². The third-order valence-corrected chi connectivity index (χ3v) is 5.17. The van der Waals surface area contributed by atoms with Crippen LogP contribution in [-0.2, 0) is 16.8 Å². The van der Waals surface area contributed by atoms with E-state index in [0.717, 1.165) is 27.0 Å². The van der Waals surface area contributed by atoms with E-state index >= 15 is 0 Å². The first-order valence-electron chi connectivity index (χ1n) is 7.56. The summed E-state index contributed by atoms with van der Waals surface area (Å²) >= 11 is 1.48. The number of rotatable bonds is 5. The lowest BCUT2D eigenvalue weighted by Gasteiger charge is -2.22. The Labute approximate surface area is 139 Å². The lowest BCUT2D eigenvalue weighted by atomic mass is 10.0. The van der Waals surface area contributed by atoms with Crippen molar-refractivity contribution in [3.63, 3.8) is 0 Å². The number of carbonyl (C=O) groups excluding carboxylic acids is 1. The maximum atomic E-state index is 12.3. The second-order valence-electron chi connectivity index (χ2n) is 5.98. The molecule has 1 aromatic carbocycles. The first-order valence-corrected chi connectivity index (χ1v) is 8.44. The number of thiophene rings is 1. The van der Waals surface area contributed by atoms with E-state index in [1.165, 1.54) is 11.3 Å². The summed E-state index contributed by atoms with van der Waals surface area (Å²) < 4.78 is 0. The Morgan fingerprint density at radius 1 is 1.30 bits per heavy atom. The van der Waals surface area contributed by atoms with Crippen molar-refractivity contribution in [1.29, 1.82) is 0 Å². The summed E-state index contributed by atoms with van der Waals surface area (Å²) in [7, 11) is 0. The lowest BCUT2D eigenvalue weighted by Crippen LogP contribution is -2.38. The van der Waals surface area contributed by atoms with E-state index in [4.69, 9.17) is 0 Å². The van der Waals surface area contributed by atoms with Gasteiger partial charge < -0.3 is 15.4 Å². The minimum absolute atomic E-state index is 0.0883. The van der Waals surface area contributed by atoms with Crippen LogP contribution < -0.4 is 5.32 Å². The maximum absolute atomic E-state index is 12.3. The van der Waals surface area contributed by atoms with Crippen molar-refractivity contribution in [2.24, 2.45) is 0 Å². The minimum Gasteiger partial charge on any atom is -0.383 e. The summed E-state index contributed by atoms with van der Waals surface area (Å²) in [5, 5.41) is 16.3. The molecule has 0 spiro atoms. The van der Waals surface area contributed by atoms with E-state index in [-0.39, 0.29) is 12.5 Å². The molecule has 1 unspecified atom stereocenters. The van der Waals surface area contributed by atoms with Crippen LogP contribution in [0.25, 0.3) is 10.9 Å². The van der Waals surface area contributed by atoms with Crippen LogP contribution in [0.15, 0.2) is 41.8 Å². The average molecular weight is 328 g/mol. The van der Waals surface area contributed by atoms with Crippen LogP contribution in [0.4, 0.5) is 0 Å². The van der Waals surface area contributed by atoms with Crippen molar-refractivity contribution < 1.29 is 9.90 Å². The monoisotopic (exact) mass is 328 g/mol. The zero-order valence-corrected chi connectivity index (χ0v) is 14.0. The van der Waals surface area contributed by atoms with Crippen molar-refractivity contribution in [3.8, 4) is 0 Å². The van der Waals surface area contributed by atoms with Crippen LogP contribution in [0.2, 0.25) is 0 Å². The predicted octanol–water partition coefficient (Wildman–Crippen LogP) is 3.10. The second kappa shape index (κ2) is 6.18. The molecule has 1 amide bonds. The molecule has 0 saturated heterocycles. The second-order valence-corrected chi connectivity index (χ2v) is 6.93. The van der Waals surface area contributed by atoms with Gasteiger partial charge >= 0.3 is 0 Å². The molecule has 2 aromatic heterocycles. The molecule has 120 valence electrons. The van der Waals surface area contributed by atoms with Crippen LogP contribution in [0.1, 0.15) is 23.1 Å². The number of aromatic nitrogens is 1. The Hall–Kier alpha value is -2.11. The number of benzene rings is 1. The molecular formula is C18H20N2O2S. The number of nitrogens with one attached hydrogen (secondary N) is 2. The summed E-state index contributed by atoms with van der Waals surface area (Å²) in [4.78, 5) is 16.4. The Morgan fingerprint density at radius 2 is 2.09 bits per heavy atom. The van der Waals surface area contributed by atoms with Crippen molar-refractivity contribution in [2.45, 2.75) is 25.9 Å². The van der Waals surface area contributed by atoms with Gasteiger partial charge in [0.05, 0.1) is 13.0 Å². The van der Waals surface area contributed by atoms with Gasteiger partial charge in [0, 0.05) is 21.5 Å². The molecule has 5 heteroatoms. The van der Waals surface area contributed by atoms with Gasteiger partial charge in [0.15, 0.2) is 0 Å². The number of hydrogen-bond acceptors (Lipinski definition) is 3. The van der Waals surface area contributed by atoms with Gasteiger partial charge in [-0.1, -0.05) is 24.3 Å². The summed E-state index contributed by atoms with van der Waals surface area (Å²) in [5.41, 5.74) is 2.01.